The van der Waals surface area contributed by atoms with E-state index in [1.54, 1.807) is 4.90 Å². The Morgan fingerprint density at radius 1 is 1.39 bits per heavy atom. The number of amides is 1. The number of benzene rings is 1. The molecule has 0 saturated heterocycles. The van der Waals surface area contributed by atoms with E-state index in [1.165, 1.54) is 0 Å². The summed E-state index contributed by atoms with van der Waals surface area (Å²) in [5.41, 5.74) is 8.04. The van der Waals surface area contributed by atoms with E-state index in [9.17, 15) is 4.79 Å². The van der Waals surface area contributed by atoms with Crippen molar-refractivity contribution < 1.29 is 4.79 Å². The van der Waals surface area contributed by atoms with Crippen LogP contribution in [0.25, 0.3) is 0 Å². The van der Waals surface area contributed by atoms with Crippen molar-refractivity contribution in [1.29, 1.82) is 0 Å². The van der Waals surface area contributed by atoms with Gasteiger partial charge >= 0.3 is 0 Å². The fourth-order valence-corrected chi connectivity index (χ4v) is 1.86. The number of hydrogen-bond donors (Lipinski definition) is 1. The van der Waals surface area contributed by atoms with Crippen molar-refractivity contribution in [1.82, 2.24) is 4.90 Å². The molecule has 0 spiro atoms. The Morgan fingerprint density at radius 3 is 2.50 bits per heavy atom. The lowest BCUT2D eigenvalue weighted by Gasteiger charge is -2.24. The number of nitrogens with zero attached hydrogens (tertiary/aromatic N) is 1. The van der Waals surface area contributed by atoms with Gasteiger partial charge in [0.25, 0.3) is 0 Å². The molecule has 0 aliphatic heterocycles. The number of carbonyl (C=O) groups excluding carboxylic acids is 1. The van der Waals surface area contributed by atoms with Crippen LogP contribution in [0.4, 0.5) is 0 Å². The molecule has 0 saturated carbocycles. The van der Waals surface area contributed by atoms with Gasteiger partial charge in [-0.3, -0.25) is 4.79 Å². The van der Waals surface area contributed by atoms with E-state index in [4.69, 9.17) is 5.73 Å². The molecule has 1 amide bonds. The Labute approximate surface area is 109 Å². The summed E-state index contributed by atoms with van der Waals surface area (Å²) >= 11 is 0. The van der Waals surface area contributed by atoms with Gasteiger partial charge in [-0.1, -0.05) is 42.5 Å². The minimum atomic E-state index is -0.480. The lowest BCUT2D eigenvalue weighted by atomic mass is 10.1. The standard InChI is InChI=1S/C15H22N2O/c1-4-17(11-12(2)3)15(18)14(16)10-13-8-6-5-7-9-13/h5-9,14H,2,4,10-11,16H2,1,3H3. The third-order valence-electron chi connectivity index (χ3n) is 2.77. The smallest absolute Gasteiger partial charge is 0.240 e. The van der Waals surface area contributed by atoms with Gasteiger partial charge in [0.15, 0.2) is 0 Å². The van der Waals surface area contributed by atoms with Gasteiger partial charge in [-0.15, -0.1) is 0 Å². The van der Waals surface area contributed by atoms with Crippen LogP contribution in [-0.2, 0) is 11.2 Å². The Balaban J connectivity index is 2.62. The van der Waals surface area contributed by atoms with Crippen molar-refractivity contribution in [3.63, 3.8) is 0 Å². The minimum absolute atomic E-state index is 0.00986. The zero-order chi connectivity index (χ0) is 13.5. The SMILES string of the molecule is C=C(C)CN(CC)C(=O)C(N)Cc1ccccc1. The molecule has 0 radical (unpaired) electrons. The van der Waals surface area contributed by atoms with Gasteiger partial charge in [-0.05, 0) is 25.8 Å². The molecule has 0 bridgehead atoms. The highest BCUT2D eigenvalue weighted by Crippen LogP contribution is 2.05. The maximum Gasteiger partial charge on any atom is 0.240 e. The molecule has 1 atom stereocenters. The predicted molar refractivity (Wildman–Crippen MR) is 75.2 cm³/mol. The molecule has 0 aliphatic rings. The van der Waals surface area contributed by atoms with E-state index < -0.39 is 6.04 Å². The molecule has 1 aromatic rings. The minimum Gasteiger partial charge on any atom is -0.338 e. The molecule has 1 aromatic carbocycles. The number of carbonyl (C=O) groups is 1. The first kappa shape index (κ1) is 14.5. The van der Waals surface area contributed by atoms with E-state index in [0.29, 0.717) is 19.5 Å². The van der Waals surface area contributed by atoms with Crippen LogP contribution in [0.5, 0.6) is 0 Å². The summed E-state index contributed by atoms with van der Waals surface area (Å²) in [6, 6.07) is 9.36. The van der Waals surface area contributed by atoms with E-state index >= 15 is 0 Å². The van der Waals surface area contributed by atoms with Crippen molar-refractivity contribution in [2.75, 3.05) is 13.1 Å². The first-order valence-electron chi connectivity index (χ1n) is 6.27. The fourth-order valence-electron chi connectivity index (χ4n) is 1.86. The van der Waals surface area contributed by atoms with Gasteiger partial charge in [0.05, 0.1) is 6.04 Å². The van der Waals surface area contributed by atoms with Crippen LogP contribution in [0.3, 0.4) is 0 Å². The highest BCUT2D eigenvalue weighted by molar-refractivity contribution is 5.82. The van der Waals surface area contributed by atoms with Crippen LogP contribution in [0.2, 0.25) is 0 Å². The lowest BCUT2D eigenvalue weighted by molar-refractivity contribution is -0.131. The Bertz CT molecular complexity index is 400. The lowest BCUT2D eigenvalue weighted by Crippen LogP contribution is -2.45. The fraction of sp³-hybridized carbons (Fsp3) is 0.400. The highest BCUT2D eigenvalue weighted by Gasteiger charge is 2.19. The molecular formula is C15H22N2O. The molecule has 2 N–H and O–H groups in total. The van der Waals surface area contributed by atoms with Gasteiger partial charge in [0.1, 0.15) is 0 Å². The van der Waals surface area contributed by atoms with E-state index in [-0.39, 0.29) is 5.91 Å². The number of hydrogen-bond acceptors (Lipinski definition) is 2. The van der Waals surface area contributed by atoms with E-state index in [0.717, 1.165) is 11.1 Å². The average molecular weight is 246 g/mol. The summed E-state index contributed by atoms with van der Waals surface area (Å²) in [5, 5.41) is 0. The van der Waals surface area contributed by atoms with Crippen LogP contribution >= 0.6 is 0 Å². The molecule has 1 unspecified atom stereocenters. The zero-order valence-electron chi connectivity index (χ0n) is 11.2. The number of likely N-dealkylation sites (N-methyl/N-ethyl adjacent to an activating group) is 1. The molecule has 3 heteroatoms. The number of rotatable bonds is 6. The van der Waals surface area contributed by atoms with Gasteiger partial charge < -0.3 is 10.6 Å². The van der Waals surface area contributed by atoms with E-state index in [2.05, 4.69) is 6.58 Å². The Hall–Kier alpha value is -1.61. The largest absolute Gasteiger partial charge is 0.338 e. The van der Waals surface area contributed by atoms with Crippen molar-refractivity contribution in [3.8, 4) is 0 Å². The third kappa shape index (κ3) is 4.34. The summed E-state index contributed by atoms with van der Waals surface area (Å²) in [5.74, 6) is -0.00986. The molecule has 98 valence electrons. The third-order valence-corrected chi connectivity index (χ3v) is 2.77. The molecule has 0 fully saturated rings. The second-order valence-corrected chi connectivity index (χ2v) is 4.61. The van der Waals surface area contributed by atoms with Crippen molar-refractivity contribution >= 4 is 5.91 Å². The van der Waals surface area contributed by atoms with Gasteiger partial charge in [0.2, 0.25) is 5.91 Å². The summed E-state index contributed by atoms with van der Waals surface area (Å²) in [7, 11) is 0. The zero-order valence-corrected chi connectivity index (χ0v) is 11.2. The van der Waals surface area contributed by atoms with Gasteiger partial charge in [-0.25, -0.2) is 0 Å². The van der Waals surface area contributed by atoms with Crippen molar-refractivity contribution in [2.24, 2.45) is 5.73 Å². The topological polar surface area (TPSA) is 46.3 Å². The molecule has 18 heavy (non-hydrogen) atoms. The van der Waals surface area contributed by atoms with Gasteiger partial charge in [0, 0.05) is 13.1 Å². The monoisotopic (exact) mass is 246 g/mol. The predicted octanol–water partition coefficient (Wildman–Crippen LogP) is 1.98. The maximum atomic E-state index is 12.2. The van der Waals surface area contributed by atoms with Crippen LogP contribution < -0.4 is 5.73 Å². The van der Waals surface area contributed by atoms with Crippen LogP contribution in [0, 0.1) is 0 Å². The second-order valence-electron chi connectivity index (χ2n) is 4.61. The molecule has 0 heterocycles. The Kier molecular flexibility index (Phi) is 5.59. The van der Waals surface area contributed by atoms with Gasteiger partial charge in [-0.2, -0.15) is 0 Å². The molecule has 3 nitrogen and oxygen atoms in total. The quantitative estimate of drug-likeness (QED) is 0.780. The van der Waals surface area contributed by atoms with Crippen molar-refractivity contribution in [3.05, 3.63) is 48.0 Å². The normalized spacial score (nSPS) is 11.9. The maximum absolute atomic E-state index is 12.2. The molecule has 0 aliphatic carbocycles. The summed E-state index contributed by atoms with van der Waals surface area (Å²) in [6.07, 6.45) is 0.576. The van der Waals surface area contributed by atoms with Crippen LogP contribution in [-0.4, -0.2) is 29.9 Å². The summed E-state index contributed by atoms with van der Waals surface area (Å²) in [4.78, 5) is 13.9. The Morgan fingerprint density at radius 2 is 2.00 bits per heavy atom. The molecular weight excluding hydrogens is 224 g/mol. The summed E-state index contributed by atoms with van der Waals surface area (Å²) in [6.45, 7) is 8.95. The first-order valence-corrected chi connectivity index (χ1v) is 6.27. The second kappa shape index (κ2) is 6.97. The first-order chi connectivity index (χ1) is 8.54. The van der Waals surface area contributed by atoms with Crippen LogP contribution in [0.15, 0.2) is 42.5 Å². The van der Waals surface area contributed by atoms with Crippen LogP contribution in [0.1, 0.15) is 19.4 Å². The van der Waals surface area contributed by atoms with E-state index in [1.807, 2.05) is 44.2 Å². The summed E-state index contributed by atoms with van der Waals surface area (Å²) < 4.78 is 0. The number of nitrogens with two attached hydrogens (primary N) is 1. The van der Waals surface area contributed by atoms with Crippen molar-refractivity contribution in [2.45, 2.75) is 26.3 Å². The molecule has 0 aromatic heterocycles. The molecule has 1 rings (SSSR count). The average Bonchev–Trinajstić information content (AvgIpc) is 2.36. The highest BCUT2D eigenvalue weighted by atomic mass is 16.2.